The van der Waals surface area contributed by atoms with Crippen LogP contribution in [0.3, 0.4) is 0 Å². The first kappa shape index (κ1) is 25.4. The number of aliphatic imine (C=N–C) groups is 1. The Morgan fingerprint density at radius 2 is 1.89 bits per heavy atom. The molecule has 1 aromatic rings. The van der Waals surface area contributed by atoms with Crippen LogP contribution >= 0.6 is 24.0 Å². The lowest BCUT2D eigenvalue weighted by Crippen LogP contribution is -2.40. The van der Waals surface area contributed by atoms with E-state index >= 15 is 0 Å². The largest absolute Gasteiger partial charge is 0.496 e. The first-order valence-corrected chi connectivity index (χ1v) is 9.00. The van der Waals surface area contributed by atoms with Crippen LogP contribution < -0.4 is 15.4 Å². The molecule has 0 aliphatic heterocycles. The SMILES string of the molecule is CCOCCCNC(=NCC(=O)N(C)C)NCCc1ccccc1OC.I. The van der Waals surface area contributed by atoms with Crippen LogP contribution in [0, 0.1) is 0 Å². The molecular formula is C19H33IN4O3. The third-order valence-electron chi connectivity index (χ3n) is 3.71. The molecule has 0 heterocycles. The van der Waals surface area contributed by atoms with Gasteiger partial charge in [-0.2, -0.15) is 0 Å². The zero-order chi connectivity index (χ0) is 19.2. The Balaban J connectivity index is 0.00000676. The maximum atomic E-state index is 11.8. The van der Waals surface area contributed by atoms with Gasteiger partial charge in [-0.05, 0) is 31.4 Å². The van der Waals surface area contributed by atoms with E-state index < -0.39 is 0 Å². The van der Waals surface area contributed by atoms with Gasteiger partial charge in [0.05, 0.1) is 7.11 Å². The molecule has 0 aliphatic rings. The number of hydrogen-bond acceptors (Lipinski definition) is 4. The minimum Gasteiger partial charge on any atom is -0.496 e. The van der Waals surface area contributed by atoms with Crippen LogP contribution in [0.2, 0.25) is 0 Å². The number of amides is 1. The second kappa shape index (κ2) is 15.5. The lowest BCUT2D eigenvalue weighted by atomic mass is 10.1. The minimum absolute atomic E-state index is 0. The second-order valence-corrected chi connectivity index (χ2v) is 5.92. The second-order valence-electron chi connectivity index (χ2n) is 5.92. The van der Waals surface area contributed by atoms with E-state index in [2.05, 4.69) is 15.6 Å². The number of carbonyl (C=O) groups excluding carboxylic acids is 1. The highest BCUT2D eigenvalue weighted by Crippen LogP contribution is 2.17. The molecule has 7 nitrogen and oxygen atoms in total. The van der Waals surface area contributed by atoms with Gasteiger partial charge in [-0.1, -0.05) is 18.2 Å². The quantitative estimate of drug-likeness (QED) is 0.214. The molecule has 2 N–H and O–H groups in total. The van der Waals surface area contributed by atoms with Crippen molar-refractivity contribution in [3.05, 3.63) is 29.8 Å². The summed E-state index contributed by atoms with van der Waals surface area (Å²) in [5.41, 5.74) is 1.13. The average Bonchev–Trinajstić information content (AvgIpc) is 2.65. The standard InChI is InChI=1S/C19H32N4O3.HI/c1-5-26-14-8-12-20-19(22-15-18(24)23(2)3)21-13-11-16-9-6-7-10-17(16)25-4;/h6-7,9-10H,5,8,11-15H2,1-4H3,(H2,20,21,22);1H. The van der Waals surface area contributed by atoms with E-state index in [4.69, 9.17) is 9.47 Å². The van der Waals surface area contributed by atoms with E-state index in [1.54, 1.807) is 21.2 Å². The maximum absolute atomic E-state index is 11.8. The molecule has 0 unspecified atom stereocenters. The molecule has 27 heavy (non-hydrogen) atoms. The number of methoxy groups -OCH3 is 1. The lowest BCUT2D eigenvalue weighted by Gasteiger charge is -2.14. The fraction of sp³-hybridized carbons (Fsp3) is 0.579. The van der Waals surface area contributed by atoms with E-state index in [0.29, 0.717) is 19.1 Å². The van der Waals surface area contributed by atoms with Crippen molar-refractivity contribution >= 4 is 35.8 Å². The number of nitrogens with one attached hydrogen (secondary N) is 2. The van der Waals surface area contributed by atoms with Gasteiger partial charge in [-0.3, -0.25) is 4.79 Å². The summed E-state index contributed by atoms with van der Waals surface area (Å²) in [5, 5.41) is 6.52. The first-order valence-electron chi connectivity index (χ1n) is 9.00. The van der Waals surface area contributed by atoms with E-state index in [1.165, 1.54) is 4.90 Å². The Labute approximate surface area is 179 Å². The number of likely N-dealkylation sites (N-methyl/N-ethyl adjacent to an activating group) is 1. The molecular weight excluding hydrogens is 459 g/mol. The Morgan fingerprint density at radius 1 is 1.19 bits per heavy atom. The third kappa shape index (κ3) is 11.0. The van der Waals surface area contributed by atoms with Gasteiger partial charge in [0.15, 0.2) is 5.96 Å². The van der Waals surface area contributed by atoms with Crippen LogP contribution in [0.4, 0.5) is 0 Å². The van der Waals surface area contributed by atoms with Crippen molar-refractivity contribution in [2.75, 3.05) is 54.1 Å². The number of benzene rings is 1. The van der Waals surface area contributed by atoms with Crippen LogP contribution in [0.15, 0.2) is 29.3 Å². The topological polar surface area (TPSA) is 75.2 Å². The van der Waals surface area contributed by atoms with Crippen LogP contribution in [0.1, 0.15) is 18.9 Å². The molecule has 1 amide bonds. The van der Waals surface area contributed by atoms with Crippen LogP contribution in [-0.2, 0) is 16.0 Å². The van der Waals surface area contributed by atoms with Crippen molar-refractivity contribution in [1.29, 1.82) is 0 Å². The number of ether oxygens (including phenoxy) is 2. The van der Waals surface area contributed by atoms with Crippen molar-refractivity contribution in [2.24, 2.45) is 4.99 Å². The zero-order valence-electron chi connectivity index (χ0n) is 16.8. The van der Waals surface area contributed by atoms with E-state index in [0.717, 1.165) is 37.3 Å². The van der Waals surface area contributed by atoms with Gasteiger partial charge in [0, 0.05) is 40.4 Å². The fourth-order valence-electron chi connectivity index (χ4n) is 2.21. The van der Waals surface area contributed by atoms with Gasteiger partial charge >= 0.3 is 0 Å². The summed E-state index contributed by atoms with van der Waals surface area (Å²) >= 11 is 0. The Bertz CT molecular complexity index is 568. The number of hydrogen-bond donors (Lipinski definition) is 2. The van der Waals surface area contributed by atoms with Gasteiger partial charge in [0.1, 0.15) is 12.3 Å². The minimum atomic E-state index is -0.0369. The maximum Gasteiger partial charge on any atom is 0.243 e. The van der Waals surface area contributed by atoms with Crippen LogP contribution in [0.25, 0.3) is 0 Å². The molecule has 0 radical (unpaired) electrons. The number of guanidine groups is 1. The van der Waals surface area contributed by atoms with Crippen molar-refractivity contribution in [1.82, 2.24) is 15.5 Å². The molecule has 0 spiro atoms. The molecule has 1 aromatic carbocycles. The highest BCUT2D eigenvalue weighted by Gasteiger charge is 2.06. The Kier molecular flexibility index (Phi) is 14.6. The normalized spacial score (nSPS) is 10.7. The molecule has 0 aromatic heterocycles. The summed E-state index contributed by atoms with van der Waals surface area (Å²) in [6.45, 7) is 4.93. The van der Waals surface area contributed by atoms with Gasteiger partial charge in [-0.25, -0.2) is 4.99 Å². The summed E-state index contributed by atoms with van der Waals surface area (Å²) in [6, 6.07) is 7.94. The van der Waals surface area contributed by atoms with Crippen molar-refractivity contribution in [3.63, 3.8) is 0 Å². The van der Waals surface area contributed by atoms with Gasteiger partial charge < -0.3 is 25.0 Å². The first-order chi connectivity index (χ1) is 12.6. The number of nitrogens with zero attached hydrogens (tertiary/aromatic N) is 2. The summed E-state index contributed by atoms with van der Waals surface area (Å²) in [5.74, 6) is 1.47. The van der Waals surface area contributed by atoms with Crippen molar-refractivity contribution in [3.8, 4) is 5.75 Å². The van der Waals surface area contributed by atoms with Crippen molar-refractivity contribution in [2.45, 2.75) is 19.8 Å². The van der Waals surface area contributed by atoms with E-state index in [-0.39, 0.29) is 36.4 Å². The number of carbonyl (C=O) groups is 1. The molecule has 0 aliphatic carbocycles. The molecule has 0 bridgehead atoms. The summed E-state index contributed by atoms with van der Waals surface area (Å²) in [7, 11) is 5.12. The number of halogens is 1. The average molecular weight is 492 g/mol. The highest BCUT2D eigenvalue weighted by molar-refractivity contribution is 14.0. The Hall–Kier alpha value is -1.55. The van der Waals surface area contributed by atoms with Gasteiger partial charge in [0.2, 0.25) is 5.91 Å². The molecule has 1 rings (SSSR count). The molecule has 0 fully saturated rings. The van der Waals surface area contributed by atoms with Gasteiger partial charge in [-0.15, -0.1) is 24.0 Å². The molecule has 0 saturated carbocycles. The van der Waals surface area contributed by atoms with Crippen molar-refractivity contribution < 1.29 is 14.3 Å². The molecule has 0 atom stereocenters. The smallest absolute Gasteiger partial charge is 0.243 e. The molecule has 8 heteroatoms. The van der Waals surface area contributed by atoms with Crippen LogP contribution in [0.5, 0.6) is 5.75 Å². The summed E-state index contributed by atoms with van der Waals surface area (Å²) in [6.07, 6.45) is 1.67. The number of rotatable bonds is 11. The monoisotopic (exact) mass is 492 g/mol. The molecule has 0 saturated heterocycles. The number of para-hydroxylation sites is 1. The summed E-state index contributed by atoms with van der Waals surface area (Å²) < 4.78 is 10.7. The van der Waals surface area contributed by atoms with Crippen LogP contribution in [-0.4, -0.2) is 70.8 Å². The predicted octanol–water partition coefficient (Wildman–Crippen LogP) is 1.91. The molecule has 154 valence electrons. The fourth-order valence-corrected chi connectivity index (χ4v) is 2.21. The third-order valence-corrected chi connectivity index (χ3v) is 3.71. The highest BCUT2D eigenvalue weighted by atomic mass is 127. The lowest BCUT2D eigenvalue weighted by molar-refractivity contribution is -0.127. The van der Waals surface area contributed by atoms with E-state index in [9.17, 15) is 4.79 Å². The van der Waals surface area contributed by atoms with E-state index in [1.807, 2.05) is 31.2 Å². The Morgan fingerprint density at radius 3 is 2.56 bits per heavy atom. The summed E-state index contributed by atoms with van der Waals surface area (Å²) in [4.78, 5) is 17.7. The zero-order valence-corrected chi connectivity index (χ0v) is 19.1. The van der Waals surface area contributed by atoms with Gasteiger partial charge in [0.25, 0.3) is 0 Å². The predicted molar refractivity (Wildman–Crippen MR) is 120 cm³/mol.